The van der Waals surface area contributed by atoms with Gasteiger partial charge >= 0.3 is 6.09 Å². The molecule has 3 aromatic rings. The standard InChI is InChI=1S/C29H36ClN5O3S/c1-19(2)14-20(3)31-29(37)38-18-35-25-17-24(30)21(15-22(25)16-27(35)36)8-9-33-10-12-34(13-11-33)28-23-6-4-5-7-26(23)39-32-28/h4-7,15,17,19-20H,8-14,16,18H2,1-3H3,(H,31,37). The van der Waals surface area contributed by atoms with E-state index in [9.17, 15) is 9.59 Å². The van der Waals surface area contributed by atoms with E-state index < -0.39 is 6.09 Å². The largest absolute Gasteiger partial charge is 0.428 e. The molecule has 0 bridgehead atoms. The molecular weight excluding hydrogens is 534 g/mol. The summed E-state index contributed by atoms with van der Waals surface area (Å²) in [6.45, 7) is 10.8. The Labute approximate surface area is 239 Å². The van der Waals surface area contributed by atoms with Crippen molar-refractivity contribution in [1.29, 1.82) is 0 Å². The van der Waals surface area contributed by atoms with E-state index in [-0.39, 0.29) is 25.1 Å². The van der Waals surface area contributed by atoms with Crippen LogP contribution in [-0.2, 0) is 22.4 Å². The number of aromatic nitrogens is 1. The van der Waals surface area contributed by atoms with E-state index >= 15 is 0 Å². The molecule has 39 heavy (non-hydrogen) atoms. The lowest BCUT2D eigenvalue weighted by molar-refractivity contribution is -0.118. The maximum atomic E-state index is 12.7. The van der Waals surface area contributed by atoms with Gasteiger partial charge < -0.3 is 15.0 Å². The summed E-state index contributed by atoms with van der Waals surface area (Å²) < 4.78 is 11.3. The number of carbonyl (C=O) groups is 2. The van der Waals surface area contributed by atoms with Gasteiger partial charge in [0.15, 0.2) is 6.73 Å². The lowest BCUT2D eigenvalue weighted by Gasteiger charge is -2.35. The number of fused-ring (bicyclic) bond motifs is 2. The molecule has 208 valence electrons. The van der Waals surface area contributed by atoms with Crippen LogP contribution in [0.2, 0.25) is 5.02 Å². The number of alkyl carbamates (subject to hydrolysis) is 1. The molecule has 3 heterocycles. The molecule has 5 rings (SSSR count). The van der Waals surface area contributed by atoms with Crippen LogP contribution >= 0.6 is 23.1 Å². The van der Waals surface area contributed by atoms with Crippen LogP contribution in [0.5, 0.6) is 0 Å². The number of hydrogen-bond acceptors (Lipinski definition) is 7. The topological polar surface area (TPSA) is 78.0 Å². The van der Waals surface area contributed by atoms with E-state index in [0.29, 0.717) is 10.9 Å². The van der Waals surface area contributed by atoms with Gasteiger partial charge in [-0.05, 0) is 66.5 Å². The highest BCUT2D eigenvalue weighted by molar-refractivity contribution is 7.13. The highest BCUT2D eigenvalue weighted by atomic mass is 35.5. The normalized spacial score (nSPS) is 16.7. The Hall–Kier alpha value is -2.88. The number of piperazine rings is 1. The lowest BCUT2D eigenvalue weighted by Crippen LogP contribution is -2.47. The first kappa shape index (κ1) is 27.7. The van der Waals surface area contributed by atoms with E-state index in [2.05, 4.69) is 53.2 Å². The molecule has 1 unspecified atom stereocenters. The van der Waals surface area contributed by atoms with Crippen molar-refractivity contribution < 1.29 is 14.3 Å². The van der Waals surface area contributed by atoms with Crippen LogP contribution in [0.4, 0.5) is 16.3 Å². The molecule has 2 amide bonds. The monoisotopic (exact) mass is 569 g/mol. The zero-order valence-electron chi connectivity index (χ0n) is 22.8. The highest BCUT2D eigenvalue weighted by Gasteiger charge is 2.30. The number of rotatable bonds is 9. The van der Waals surface area contributed by atoms with Crippen molar-refractivity contribution in [2.75, 3.05) is 49.3 Å². The minimum atomic E-state index is -0.518. The van der Waals surface area contributed by atoms with Crippen molar-refractivity contribution >= 4 is 56.7 Å². The van der Waals surface area contributed by atoms with Crippen LogP contribution in [0, 0.1) is 5.92 Å². The zero-order valence-corrected chi connectivity index (χ0v) is 24.4. The third kappa shape index (κ3) is 6.48. The summed E-state index contributed by atoms with van der Waals surface area (Å²) in [5.74, 6) is 1.47. The second kappa shape index (κ2) is 12.1. The molecule has 1 N–H and O–H groups in total. The fraction of sp³-hybridized carbons (Fsp3) is 0.483. The van der Waals surface area contributed by atoms with Crippen molar-refractivity contribution in [1.82, 2.24) is 14.6 Å². The number of carbonyl (C=O) groups excluding carboxylic acids is 2. The predicted octanol–water partition coefficient (Wildman–Crippen LogP) is 5.32. The second-order valence-corrected chi connectivity index (χ2v) is 12.1. The zero-order chi connectivity index (χ0) is 27.5. The van der Waals surface area contributed by atoms with E-state index in [0.717, 1.165) is 68.2 Å². The molecule has 0 saturated carbocycles. The van der Waals surface area contributed by atoms with Crippen molar-refractivity contribution in [3.63, 3.8) is 0 Å². The molecule has 2 aromatic carbocycles. The summed E-state index contributed by atoms with van der Waals surface area (Å²) in [5, 5.41) is 4.69. The van der Waals surface area contributed by atoms with Crippen LogP contribution < -0.4 is 15.1 Å². The lowest BCUT2D eigenvalue weighted by atomic mass is 10.1. The summed E-state index contributed by atoms with van der Waals surface area (Å²) in [7, 11) is 0. The number of anilines is 2. The Bertz CT molecular complexity index is 1340. The first-order chi connectivity index (χ1) is 18.8. The Morgan fingerprint density at radius 3 is 2.69 bits per heavy atom. The maximum absolute atomic E-state index is 12.7. The van der Waals surface area contributed by atoms with Gasteiger partial charge in [0.2, 0.25) is 5.91 Å². The Kier molecular flexibility index (Phi) is 8.59. The summed E-state index contributed by atoms with van der Waals surface area (Å²) in [6.07, 6.45) is 1.44. The van der Waals surface area contributed by atoms with Crippen molar-refractivity contribution in [3.8, 4) is 0 Å². The molecule has 0 aliphatic carbocycles. The van der Waals surface area contributed by atoms with Gasteiger partial charge in [0.25, 0.3) is 0 Å². The van der Waals surface area contributed by atoms with Gasteiger partial charge in [-0.15, -0.1) is 0 Å². The highest BCUT2D eigenvalue weighted by Crippen LogP contribution is 2.34. The van der Waals surface area contributed by atoms with Crippen LogP contribution in [0.1, 0.15) is 38.3 Å². The SMILES string of the molecule is CC(C)CC(C)NC(=O)OCN1C(=O)Cc2cc(CCN3CCN(c4nsc5ccccc45)CC3)c(Cl)cc21. The van der Waals surface area contributed by atoms with E-state index in [1.54, 1.807) is 11.5 Å². The smallest absolute Gasteiger partial charge is 0.409 e. The van der Waals surface area contributed by atoms with Crippen molar-refractivity contribution in [2.45, 2.75) is 46.1 Å². The average Bonchev–Trinajstić information content (AvgIpc) is 3.46. The number of amides is 2. The van der Waals surface area contributed by atoms with Gasteiger partial charge in [0.05, 0.1) is 16.8 Å². The first-order valence-electron chi connectivity index (χ1n) is 13.6. The van der Waals surface area contributed by atoms with E-state index in [4.69, 9.17) is 20.7 Å². The minimum absolute atomic E-state index is 0.00577. The molecule has 1 fully saturated rings. The predicted molar refractivity (Wildman–Crippen MR) is 158 cm³/mol. The molecule has 8 nitrogen and oxygen atoms in total. The fourth-order valence-corrected chi connectivity index (χ4v) is 6.52. The molecule has 10 heteroatoms. The Morgan fingerprint density at radius 2 is 1.92 bits per heavy atom. The van der Waals surface area contributed by atoms with Gasteiger partial charge in [-0.3, -0.25) is 14.6 Å². The van der Waals surface area contributed by atoms with Gasteiger partial charge in [0.1, 0.15) is 5.82 Å². The quantitative estimate of drug-likeness (QED) is 0.376. The molecular formula is C29H36ClN5O3S. The molecule has 2 aliphatic rings. The minimum Gasteiger partial charge on any atom is -0.428 e. The third-order valence-corrected chi connectivity index (χ3v) is 8.59. The second-order valence-electron chi connectivity index (χ2n) is 10.9. The van der Waals surface area contributed by atoms with E-state index in [1.165, 1.54) is 15.0 Å². The van der Waals surface area contributed by atoms with Crippen LogP contribution in [0.3, 0.4) is 0 Å². The molecule has 2 aliphatic heterocycles. The summed E-state index contributed by atoms with van der Waals surface area (Å²) in [6, 6.07) is 12.3. The van der Waals surface area contributed by atoms with Crippen LogP contribution in [0.25, 0.3) is 10.1 Å². The average molecular weight is 570 g/mol. The molecule has 1 aromatic heterocycles. The number of hydrogen-bond donors (Lipinski definition) is 1. The summed E-state index contributed by atoms with van der Waals surface area (Å²) in [4.78, 5) is 31.2. The first-order valence-corrected chi connectivity index (χ1v) is 14.8. The number of nitrogens with zero attached hydrogens (tertiary/aromatic N) is 4. The number of nitrogens with one attached hydrogen (secondary N) is 1. The fourth-order valence-electron chi connectivity index (χ4n) is 5.47. The van der Waals surface area contributed by atoms with Crippen LogP contribution in [-0.4, -0.2) is 66.8 Å². The molecule has 1 atom stereocenters. The van der Waals surface area contributed by atoms with Crippen molar-refractivity contribution in [3.05, 3.63) is 52.5 Å². The van der Waals surface area contributed by atoms with Crippen molar-refractivity contribution in [2.24, 2.45) is 5.92 Å². The maximum Gasteiger partial charge on any atom is 0.409 e. The number of benzene rings is 2. The summed E-state index contributed by atoms with van der Waals surface area (Å²) in [5.41, 5.74) is 2.69. The third-order valence-electron chi connectivity index (χ3n) is 7.42. The van der Waals surface area contributed by atoms with Gasteiger partial charge in [-0.1, -0.05) is 43.6 Å². The Morgan fingerprint density at radius 1 is 1.15 bits per heavy atom. The number of ether oxygens (including phenoxy) is 1. The van der Waals surface area contributed by atoms with Gasteiger partial charge in [0, 0.05) is 49.2 Å². The Balaban J connectivity index is 1.13. The molecule has 1 saturated heterocycles. The molecule has 0 spiro atoms. The van der Waals surface area contributed by atoms with E-state index in [1.807, 2.05) is 19.1 Å². The summed E-state index contributed by atoms with van der Waals surface area (Å²) >= 11 is 8.23. The van der Waals surface area contributed by atoms with Gasteiger partial charge in [-0.25, -0.2) is 4.79 Å². The molecule has 0 radical (unpaired) electrons. The number of halogens is 1. The van der Waals surface area contributed by atoms with Crippen LogP contribution in [0.15, 0.2) is 36.4 Å². The van der Waals surface area contributed by atoms with Gasteiger partial charge in [-0.2, -0.15) is 4.37 Å².